The first-order valence-corrected chi connectivity index (χ1v) is 8.37. The summed E-state index contributed by atoms with van der Waals surface area (Å²) in [6.45, 7) is 5.01. The van der Waals surface area contributed by atoms with Crippen molar-refractivity contribution in [1.29, 1.82) is 0 Å². The van der Waals surface area contributed by atoms with Crippen molar-refractivity contribution in [1.82, 2.24) is 10.2 Å². The van der Waals surface area contributed by atoms with Gasteiger partial charge < -0.3 is 5.32 Å². The van der Waals surface area contributed by atoms with E-state index >= 15 is 0 Å². The normalized spacial score (nSPS) is 32.6. The largest absolute Gasteiger partial charge is 0.311 e. The van der Waals surface area contributed by atoms with Gasteiger partial charge in [-0.25, -0.2) is 0 Å². The summed E-state index contributed by atoms with van der Waals surface area (Å²) in [5.41, 5.74) is 1.98. The van der Waals surface area contributed by atoms with Gasteiger partial charge in [0, 0.05) is 31.7 Å². The first-order chi connectivity index (χ1) is 9.86. The van der Waals surface area contributed by atoms with Gasteiger partial charge in [0.2, 0.25) is 0 Å². The third kappa shape index (κ3) is 2.19. The second-order valence-electron chi connectivity index (χ2n) is 7.14. The lowest BCUT2D eigenvalue weighted by Crippen LogP contribution is -2.48. The summed E-state index contributed by atoms with van der Waals surface area (Å²) >= 11 is 0. The minimum Gasteiger partial charge on any atom is -0.311 e. The summed E-state index contributed by atoms with van der Waals surface area (Å²) in [4.78, 5) is 2.70. The molecular weight excluding hydrogens is 244 g/mol. The van der Waals surface area contributed by atoms with Gasteiger partial charge in [0.05, 0.1) is 0 Å². The molecule has 0 unspecified atom stereocenters. The van der Waals surface area contributed by atoms with Crippen molar-refractivity contribution in [3.8, 4) is 0 Å². The van der Waals surface area contributed by atoms with E-state index in [2.05, 4.69) is 40.5 Å². The molecule has 2 saturated heterocycles. The molecule has 1 spiro atoms. The Morgan fingerprint density at radius 2 is 1.85 bits per heavy atom. The first-order valence-electron chi connectivity index (χ1n) is 8.37. The van der Waals surface area contributed by atoms with Crippen LogP contribution in [0.5, 0.6) is 0 Å². The summed E-state index contributed by atoms with van der Waals surface area (Å²) in [6.07, 6.45) is 7.18. The highest BCUT2D eigenvalue weighted by Crippen LogP contribution is 2.45. The Bertz CT molecular complexity index is 444. The van der Waals surface area contributed by atoms with Crippen LogP contribution in [0, 0.1) is 11.8 Å². The topological polar surface area (TPSA) is 15.3 Å². The molecule has 2 nitrogen and oxygen atoms in total. The van der Waals surface area contributed by atoms with Gasteiger partial charge in [0.1, 0.15) is 0 Å². The molecule has 1 aliphatic carbocycles. The molecule has 20 heavy (non-hydrogen) atoms. The Kier molecular flexibility index (Phi) is 3.31. The van der Waals surface area contributed by atoms with E-state index in [1.165, 1.54) is 57.3 Å². The SMILES string of the molecule is c1ccc(CN2C[C@@H]3CNC4(CCCCC4)[C@H]3C2)cc1. The second kappa shape index (κ2) is 5.16. The maximum atomic E-state index is 3.93. The van der Waals surface area contributed by atoms with Crippen molar-refractivity contribution in [2.75, 3.05) is 19.6 Å². The molecule has 2 heteroatoms. The molecule has 3 fully saturated rings. The quantitative estimate of drug-likeness (QED) is 0.888. The fourth-order valence-electron chi connectivity index (χ4n) is 4.96. The standard InChI is InChI=1S/C18H26N2/c1-3-7-15(8-4-1)12-20-13-16-11-19-18(17(16)14-20)9-5-2-6-10-18/h1,3-4,7-8,16-17,19H,2,5-6,9-14H2/t16-,17-/m0/s1. The molecule has 2 heterocycles. The zero-order chi connectivity index (χ0) is 13.4. The van der Waals surface area contributed by atoms with Gasteiger partial charge in [-0.1, -0.05) is 49.6 Å². The predicted molar refractivity (Wildman–Crippen MR) is 82.5 cm³/mol. The molecule has 1 saturated carbocycles. The Morgan fingerprint density at radius 1 is 1.05 bits per heavy atom. The van der Waals surface area contributed by atoms with Crippen LogP contribution < -0.4 is 5.32 Å². The van der Waals surface area contributed by atoms with Crippen LogP contribution in [0.3, 0.4) is 0 Å². The lowest BCUT2D eigenvalue weighted by molar-refractivity contribution is 0.177. The molecule has 1 aromatic rings. The lowest BCUT2D eigenvalue weighted by atomic mass is 9.72. The van der Waals surface area contributed by atoms with Gasteiger partial charge in [0.15, 0.2) is 0 Å². The highest BCUT2D eigenvalue weighted by atomic mass is 15.2. The van der Waals surface area contributed by atoms with Crippen molar-refractivity contribution >= 4 is 0 Å². The average molecular weight is 270 g/mol. The van der Waals surface area contributed by atoms with Crippen molar-refractivity contribution in [2.24, 2.45) is 11.8 Å². The summed E-state index contributed by atoms with van der Waals surface area (Å²) in [5, 5.41) is 3.93. The van der Waals surface area contributed by atoms with Crippen LogP contribution in [0.15, 0.2) is 30.3 Å². The summed E-state index contributed by atoms with van der Waals surface area (Å²) in [7, 11) is 0. The van der Waals surface area contributed by atoms with Crippen LogP contribution in [-0.2, 0) is 6.54 Å². The van der Waals surface area contributed by atoms with Crippen molar-refractivity contribution in [3.05, 3.63) is 35.9 Å². The number of fused-ring (bicyclic) bond motifs is 2. The maximum absolute atomic E-state index is 3.93. The zero-order valence-corrected chi connectivity index (χ0v) is 12.4. The first kappa shape index (κ1) is 12.8. The summed E-state index contributed by atoms with van der Waals surface area (Å²) in [6, 6.07) is 11.0. The van der Waals surface area contributed by atoms with Crippen LogP contribution in [0.2, 0.25) is 0 Å². The summed E-state index contributed by atoms with van der Waals surface area (Å²) < 4.78 is 0. The fraction of sp³-hybridized carbons (Fsp3) is 0.667. The Balaban J connectivity index is 1.45. The molecule has 0 bridgehead atoms. The Hall–Kier alpha value is -0.860. The van der Waals surface area contributed by atoms with Gasteiger partial charge in [-0.05, 0) is 30.2 Å². The molecule has 1 N–H and O–H groups in total. The van der Waals surface area contributed by atoms with Gasteiger partial charge in [-0.15, -0.1) is 0 Å². The molecule has 2 aliphatic heterocycles. The van der Waals surface area contributed by atoms with Crippen LogP contribution in [0.1, 0.15) is 37.7 Å². The number of hydrogen-bond donors (Lipinski definition) is 1. The van der Waals surface area contributed by atoms with Gasteiger partial charge in [-0.3, -0.25) is 4.90 Å². The molecule has 108 valence electrons. The van der Waals surface area contributed by atoms with Crippen LogP contribution in [0.4, 0.5) is 0 Å². The lowest BCUT2D eigenvalue weighted by Gasteiger charge is -2.39. The number of benzene rings is 1. The highest BCUT2D eigenvalue weighted by molar-refractivity contribution is 5.16. The Morgan fingerprint density at radius 3 is 2.65 bits per heavy atom. The number of rotatable bonds is 2. The fourth-order valence-corrected chi connectivity index (χ4v) is 4.96. The highest BCUT2D eigenvalue weighted by Gasteiger charge is 2.51. The van der Waals surface area contributed by atoms with Crippen LogP contribution in [0.25, 0.3) is 0 Å². The number of hydrogen-bond acceptors (Lipinski definition) is 2. The van der Waals surface area contributed by atoms with Gasteiger partial charge >= 0.3 is 0 Å². The molecular formula is C18H26N2. The average Bonchev–Trinajstić information content (AvgIpc) is 3.03. The zero-order valence-electron chi connectivity index (χ0n) is 12.4. The maximum Gasteiger partial charge on any atom is 0.0233 e. The third-order valence-corrected chi connectivity index (χ3v) is 5.94. The molecule has 1 aromatic carbocycles. The molecule has 0 amide bonds. The monoisotopic (exact) mass is 270 g/mol. The molecule has 0 aromatic heterocycles. The molecule has 2 atom stereocenters. The van der Waals surface area contributed by atoms with E-state index in [1.54, 1.807) is 0 Å². The minimum absolute atomic E-state index is 0.508. The minimum atomic E-state index is 0.508. The Labute approximate surface area is 122 Å². The van der Waals surface area contributed by atoms with Gasteiger partial charge in [0.25, 0.3) is 0 Å². The van der Waals surface area contributed by atoms with E-state index in [9.17, 15) is 0 Å². The number of nitrogens with zero attached hydrogens (tertiary/aromatic N) is 1. The van der Waals surface area contributed by atoms with E-state index in [0.29, 0.717) is 5.54 Å². The molecule has 4 rings (SSSR count). The summed E-state index contributed by atoms with van der Waals surface area (Å²) in [5.74, 6) is 1.81. The van der Waals surface area contributed by atoms with Crippen molar-refractivity contribution in [2.45, 2.75) is 44.2 Å². The molecule has 3 aliphatic rings. The van der Waals surface area contributed by atoms with Crippen LogP contribution in [-0.4, -0.2) is 30.1 Å². The van der Waals surface area contributed by atoms with E-state index in [0.717, 1.165) is 18.4 Å². The predicted octanol–water partition coefficient (Wildman–Crippen LogP) is 3.04. The van der Waals surface area contributed by atoms with E-state index in [4.69, 9.17) is 0 Å². The van der Waals surface area contributed by atoms with E-state index < -0.39 is 0 Å². The smallest absolute Gasteiger partial charge is 0.0233 e. The van der Waals surface area contributed by atoms with Crippen molar-refractivity contribution < 1.29 is 0 Å². The van der Waals surface area contributed by atoms with E-state index in [-0.39, 0.29) is 0 Å². The third-order valence-electron chi connectivity index (χ3n) is 5.94. The van der Waals surface area contributed by atoms with Gasteiger partial charge in [-0.2, -0.15) is 0 Å². The number of nitrogens with one attached hydrogen (secondary N) is 1. The van der Waals surface area contributed by atoms with Crippen LogP contribution >= 0.6 is 0 Å². The van der Waals surface area contributed by atoms with E-state index in [1.807, 2.05) is 0 Å². The number of likely N-dealkylation sites (tertiary alicyclic amines) is 1. The van der Waals surface area contributed by atoms with Crippen molar-refractivity contribution in [3.63, 3.8) is 0 Å². The molecule has 0 radical (unpaired) electrons. The second-order valence-corrected chi connectivity index (χ2v) is 7.14.